The predicted molar refractivity (Wildman–Crippen MR) is 107 cm³/mol. The summed E-state index contributed by atoms with van der Waals surface area (Å²) in [7, 11) is 1.63. The van der Waals surface area contributed by atoms with Gasteiger partial charge in [0.05, 0.1) is 29.6 Å². The van der Waals surface area contributed by atoms with Gasteiger partial charge < -0.3 is 14.6 Å². The molecule has 150 valence electrons. The smallest absolute Gasteiger partial charge is 0.269 e. The van der Waals surface area contributed by atoms with Crippen LogP contribution in [-0.2, 0) is 6.54 Å². The van der Waals surface area contributed by atoms with Crippen molar-refractivity contribution in [2.45, 2.75) is 6.54 Å². The predicted octanol–water partition coefficient (Wildman–Crippen LogP) is 2.44. The van der Waals surface area contributed by atoms with Crippen molar-refractivity contribution in [3.63, 3.8) is 0 Å². The number of hydrogen-bond donors (Lipinski definition) is 1. The lowest BCUT2D eigenvalue weighted by molar-refractivity contribution is -0.384. The fraction of sp³-hybridized carbons (Fsp3) is 0.300. The second kappa shape index (κ2) is 7.88. The number of nitro groups is 1. The number of piperazine rings is 1. The monoisotopic (exact) mass is 395 g/mol. The third-order valence-electron chi connectivity index (χ3n) is 5.10. The first kappa shape index (κ1) is 18.9. The molecule has 0 atom stereocenters. The number of aromatic amines is 1. The summed E-state index contributed by atoms with van der Waals surface area (Å²) in [4.78, 5) is 34.9. The molecule has 2 heterocycles. The molecule has 1 saturated heterocycles. The van der Waals surface area contributed by atoms with Crippen molar-refractivity contribution in [1.29, 1.82) is 0 Å². The quantitative estimate of drug-likeness (QED) is 0.526. The average molecular weight is 395 g/mol. The topological polar surface area (TPSA) is 105 Å². The number of benzene rings is 2. The molecule has 0 aliphatic carbocycles. The maximum Gasteiger partial charge on any atom is 0.269 e. The molecule has 1 fully saturated rings. The number of non-ortho nitro benzene ring substituents is 1. The van der Waals surface area contributed by atoms with Crippen LogP contribution in [0.3, 0.4) is 0 Å². The molecule has 2 aromatic carbocycles. The normalized spacial score (nSPS) is 14.9. The standard InChI is InChI=1S/C20H21N5O4/c1-29-16-6-7-17-18(12-16)22-19(21-17)13-23-8-10-24(11-9-23)20(26)14-2-4-15(5-3-14)25(27)28/h2-7,12H,8-11,13H2,1H3,(H,21,22). The summed E-state index contributed by atoms with van der Waals surface area (Å²) < 4.78 is 5.24. The lowest BCUT2D eigenvalue weighted by atomic mass is 10.1. The molecule has 1 aliphatic rings. The molecular formula is C20H21N5O4. The zero-order valence-corrected chi connectivity index (χ0v) is 16.0. The second-order valence-electron chi connectivity index (χ2n) is 6.94. The van der Waals surface area contributed by atoms with E-state index in [1.54, 1.807) is 12.0 Å². The van der Waals surface area contributed by atoms with E-state index >= 15 is 0 Å². The summed E-state index contributed by atoms with van der Waals surface area (Å²) >= 11 is 0. The molecule has 29 heavy (non-hydrogen) atoms. The second-order valence-corrected chi connectivity index (χ2v) is 6.94. The molecule has 1 aliphatic heterocycles. The van der Waals surface area contributed by atoms with Gasteiger partial charge in [0, 0.05) is 49.9 Å². The minimum absolute atomic E-state index is 0.0187. The summed E-state index contributed by atoms with van der Waals surface area (Å²) in [6.07, 6.45) is 0. The molecule has 0 radical (unpaired) electrons. The van der Waals surface area contributed by atoms with E-state index < -0.39 is 4.92 Å². The number of carbonyl (C=O) groups excluding carboxylic acids is 1. The maximum atomic E-state index is 12.6. The summed E-state index contributed by atoms with van der Waals surface area (Å²) in [5.41, 5.74) is 2.28. The lowest BCUT2D eigenvalue weighted by Gasteiger charge is -2.34. The number of amides is 1. The van der Waals surface area contributed by atoms with Gasteiger partial charge in [-0.2, -0.15) is 0 Å². The highest BCUT2D eigenvalue weighted by Gasteiger charge is 2.23. The minimum atomic E-state index is -0.471. The summed E-state index contributed by atoms with van der Waals surface area (Å²) in [6, 6.07) is 11.5. The highest BCUT2D eigenvalue weighted by Crippen LogP contribution is 2.20. The first-order chi connectivity index (χ1) is 14.0. The Morgan fingerprint density at radius 1 is 1.17 bits per heavy atom. The molecule has 0 unspecified atom stereocenters. The Kier molecular flexibility index (Phi) is 5.13. The number of H-pyrrole nitrogens is 1. The Hall–Kier alpha value is -3.46. The molecule has 1 N–H and O–H groups in total. The molecule has 0 bridgehead atoms. The van der Waals surface area contributed by atoms with E-state index in [2.05, 4.69) is 14.9 Å². The summed E-state index contributed by atoms with van der Waals surface area (Å²) in [5, 5.41) is 10.7. The molecule has 4 rings (SSSR count). The maximum absolute atomic E-state index is 12.6. The Morgan fingerprint density at radius 3 is 2.55 bits per heavy atom. The van der Waals surface area contributed by atoms with E-state index in [0.29, 0.717) is 25.2 Å². The number of ether oxygens (including phenoxy) is 1. The van der Waals surface area contributed by atoms with Crippen LogP contribution in [0.5, 0.6) is 5.75 Å². The number of imidazole rings is 1. The Balaban J connectivity index is 1.35. The summed E-state index contributed by atoms with van der Waals surface area (Å²) in [5.74, 6) is 1.56. The van der Waals surface area contributed by atoms with Gasteiger partial charge >= 0.3 is 0 Å². The molecule has 9 heteroatoms. The van der Waals surface area contributed by atoms with Crippen molar-refractivity contribution in [3.05, 3.63) is 64.0 Å². The molecule has 1 aromatic heterocycles. The molecule has 0 spiro atoms. The van der Waals surface area contributed by atoms with Crippen molar-refractivity contribution in [2.24, 2.45) is 0 Å². The Bertz CT molecular complexity index is 1040. The van der Waals surface area contributed by atoms with Gasteiger partial charge in [-0.15, -0.1) is 0 Å². The number of rotatable bonds is 5. The number of carbonyl (C=O) groups is 1. The number of hydrogen-bond acceptors (Lipinski definition) is 6. The van der Waals surface area contributed by atoms with Gasteiger partial charge in [0.1, 0.15) is 11.6 Å². The number of methoxy groups -OCH3 is 1. The van der Waals surface area contributed by atoms with Crippen LogP contribution in [0.25, 0.3) is 11.0 Å². The largest absolute Gasteiger partial charge is 0.497 e. The third kappa shape index (κ3) is 4.04. The number of nitro benzene ring substituents is 1. The first-order valence-corrected chi connectivity index (χ1v) is 9.32. The van der Waals surface area contributed by atoms with Crippen LogP contribution >= 0.6 is 0 Å². The average Bonchev–Trinajstić information content (AvgIpc) is 3.15. The number of fused-ring (bicyclic) bond motifs is 1. The number of aromatic nitrogens is 2. The summed E-state index contributed by atoms with van der Waals surface area (Å²) in [6.45, 7) is 3.35. The van der Waals surface area contributed by atoms with Crippen LogP contribution in [0, 0.1) is 10.1 Å². The molecule has 3 aromatic rings. The fourth-order valence-corrected chi connectivity index (χ4v) is 3.47. The van der Waals surface area contributed by atoms with Gasteiger partial charge in [0.25, 0.3) is 11.6 Å². The zero-order chi connectivity index (χ0) is 20.4. The number of nitrogens with zero attached hydrogens (tertiary/aromatic N) is 4. The third-order valence-corrected chi connectivity index (χ3v) is 5.10. The van der Waals surface area contributed by atoms with Gasteiger partial charge in [-0.25, -0.2) is 4.98 Å². The van der Waals surface area contributed by atoms with Gasteiger partial charge in [0.15, 0.2) is 0 Å². The van der Waals surface area contributed by atoms with E-state index in [-0.39, 0.29) is 11.6 Å². The Labute approximate surface area is 167 Å². The van der Waals surface area contributed by atoms with E-state index in [0.717, 1.165) is 35.7 Å². The van der Waals surface area contributed by atoms with Gasteiger partial charge in [0.2, 0.25) is 0 Å². The Morgan fingerprint density at radius 2 is 1.90 bits per heavy atom. The van der Waals surface area contributed by atoms with E-state index in [9.17, 15) is 14.9 Å². The molecule has 9 nitrogen and oxygen atoms in total. The van der Waals surface area contributed by atoms with Gasteiger partial charge in [-0.3, -0.25) is 19.8 Å². The van der Waals surface area contributed by atoms with Crippen molar-refractivity contribution in [2.75, 3.05) is 33.3 Å². The highest BCUT2D eigenvalue weighted by atomic mass is 16.6. The number of nitrogens with one attached hydrogen (secondary N) is 1. The van der Waals surface area contributed by atoms with Crippen molar-refractivity contribution in [3.8, 4) is 5.75 Å². The van der Waals surface area contributed by atoms with Crippen molar-refractivity contribution < 1.29 is 14.5 Å². The lowest BCUT2D eigenvalue weighted by Crippen LogP contribution is -2.48. The van der Waals surface area contributed by atoms with Crippen LogP contribution in [0.1, 0.15) is 16.2 Å². The highest BCUT2D eigenvalue weighted by molar-refractivity contribution is 5.94. The van der Waals surface area contributed by atoms with E-state index in [1.807, 2.05) is 18.2 Å². The van der Waals surface area contributed by atoms with E-state index in [1.165, 1.54) is 24.3 Å². The first-order valence-electron chi connectivity index (χ1n) is 9.32. The van der Waals surface area contributed by atoms with Crippen molar-refractivity contribution >= 4 is 22.6 Å². The van der Waals surface area contributed by atoms with Crippen LogP contribution in [0.4, 0.5) is 5.69 Å². The van der Waals surface area contributed by atoms with E-state index in [4.69, 9.17) is 4.74 Å². The zero-order valence-electron chi connectivity index (χ0n) is 16.0. The molecule has 1 amide bonds. The molecular weight excluding hydrogens is 374 g/mol. The van der Waals surface area contributed by atoms with Crippen LogP contribution in [0.15, 0.2) is 42.5 Å². The molecule has 0 saturated carbocycles. The van der Waals surface area contributed by atoms with Crippen molar-refractivity contribution in [1.82, 2.24) is 19.8 Å². The minimum Gasteiger partial charge on any atom is -0.497 e. The van der Waals surface area contributed by atoms with Gasteiger partial charge in [-0.1, -0.05) is 0 Å². The SMILES string of the molecule is COc1ccc2nc(CN3CCN(C(=O)c4ccc([N+](=O)[O-])cc4)CC3)[nH]c2c1. The van der Waals surface area contributed by atoms with Gasteiger partial charge in [-0.05, 0) is 24.3 Å². The van der Waals surface area contributed by atoms with Crippen LogP contribution in [-0.4, -0.2) is 63.9 Å². The van der Waals surface area contributed by atoms with Crippen LogP contribution in [0.2, 0.25) is 0 Å². The fourth-order valence-electron chi connectivity index (χ4n) is 3.47. The van der Waals surface area contributed by atoms with Crippen LogP contribution < -0.4 is 4.74 Å².